The van der Waals surface area contributed by atoms with Crippen LogP contribution in [0.4, 0.5) is 0 Å². The third-order valence-electron chi connectivity index (χ3n) is 2.61. The highest BCUT2D eigenvalue weighted by Gasteiger charge is 2.19. The predicted molar refractivity (Wildman–Crippen MR) is 68.7 cm³/mol. The molecule has 6 heteroatoms. The summed E-state index contributed by atoms with van der Waals surface area (Å²) in [7, 11) is -3.29. The Kier molecular flexibility index (Phi) is 4.84. The quantitative estimate of drug-likeness (QED) is 0.837. The minimum absolute atomic E-state index is 0.231. The van der Waals surface area contributed by atoms with E-state index in [4.69, 9.17) is 5.73 Å². The maximum atomic E-state index is 12.0. The van der Waals surface area contributed by atoms with Crippen LogP contribution in [-0.4, -0.2) is 24.6 Å². The van der Waals surface area contributed by atoms with Crippen LogP contribution in [0, 0.1) is 0 Å². The molecule has 1 rings (SSSR count). The molecule has 0 aliphatic carbocycles. The Bertz CT molecular complexity index is 524. The van der Waals surface area contributed by atoms with Crippen LogP contribution in [0.1, 0.15) is 32.3 Å². The van der Waals surface area contributed by atoms with Crippen LogP contribution in [0.15, 0.2) is 23.4 Å². The van der Waals surface area contributed by atoms with Crippen LogP contribution in [-0.2, 0) is 21.1 Å². The van der Waals surface area contributed by atoms with Crippen LogP contribution >= 0.6 is 0 Å². The molecule has 0 spiro atoms. The number of aromatic nitrogens is 1. The van der Waals surface area contributed by atoms with Crippen molar-refractivity contribution < 1.29 is 13.2 Å². The lowest BCUT2D eigenvalue weighted by Crippen LogP contribution is -2.14. The van der Waals surface area contributed by atoms with Crippen LogP contribution in [0.25, 0.3) is 0 Å². The first-order valence-electron chi connectivity index (χ1n) is 5.80. The Labute approximate surface area is 107 Å². The lowest BCUT2D eigenvalue weighted by atomic mass is 10.1. The summed E-state index contributed by atoms with van der Waals surface area (Å²) >= 11 is 0. The molecular weight excluding hydrogens is 252 g/mol. The average Bonchev–Trinajstić information content (AvgIpc) is 2.28. The van der Waals surface area contributed by atoms with Gasteiger partial charge in [-0.25, -0.2) is 8.42 Å². The molecule has 100 valence electrons. The number of rotatable bonds is 6. The zero-order valence-corrected chi connectivity index (χ0v) is 11.4. The highest BCUT2D eigenvalue weighted by Crippen LogP contribution is 2.16. The summed E-state index contributed by atoms with van der Waals surface area (Å²) in [6, 6.07) is 1.61. The van der Waals surface area contributed by atoms with E-state index in [-0.39, 0.29) is 10.8 Å². The molecule has 0 bridgehead atoms. The lowest BCUT2D eigenvalue weighted by molar-refractivity contribution is -0.118. The first-order chi connectivity index (χ1) is 8.34. The van der Waals surface area contributed by atoms with E-state index in [0.29, 0.717) is 19.3 Å². The SMILES string of the molecule is CC(C)S(=O)(=O)c1cncc(CCCC(N)=O)c1. The highest BCUT2D eigenvalue weighted by molar-refractivity contribution is 7.92. The van der Waals surface area contributed by atoms with E-state index in [1.807, 2.05) is 0 Å². The number of aryl methyl sites for hydroxylation is 1. The molecule has 0 saturated carbocycles. The molecule has 1 aromatic heterocycles. The molecular formula is C12H18N2O3S. The molecule has 18 heavy (non-hydrogen) atoms. The van der Waals surface area contributed by atoms with Crippen molar-refractivity contribution in [3.8, 4) is 0 Å². The molecule has 0 atom stereocenters. The van der Waals surface area contributed by atoms with Crippen molar-refractivity contribution in [2.75, 3.05) is 0 Å². The zero-order valence-electron chi connectivity index (χ0n) is 10.6. The largest absolute Gasteiger partial charge is 0.370 e. The number of sulfone groups is 1. The van der Waals surface area contributed by atoms with E-state index < -0.39 is 15.1 Å². The number of pyridine rings is 1. The summed E-state index contributed by atoms with van der Waals surface area (Å²) in [5.74, 6) is -0.353. The van der Waals surface area contributed by atoms with Gasteiger partial charge >= 0.3 is 0 Å². The van der Waals surface area contributed by atoms with Gasteiger partial charge in [-0.2, -0.15) is 0 Å². The number of hydrogen-bond donors (Lipinski definition) is 1. The number of carbonyl (C=O) groups excluding carboxylic acids is 1. The molecule has 0 aromatic carbocycles. The second kappa shape index (κ2) is 5.95. The third kappa shape index (κ3) is 3.80. The maximum absolute atomic E-state index is 12.0. The normalized spacial score (nSPS) is 11.7. The van der Waals surface area contributed by atoms with Gasteiger partial charge in [0.05, 0.1) is 10.1 Å². The summed E-state index contributed by atoms with van der Waals surface area (Å²) in [6.07, 6.45) is 4.45. The van der Waals surface area contributed by atoms with E-state index in [1.54, 1.807) is 26.1 Å². The molecule has 0 unspecified atom stereocenters. The molecule has 0 radical (unpaired) electrons. The van der Waals surface area contributed by atoms with Crippen molar-refractivity contribution in [3.05, 3.63) is 24.0 Å². The number of primary amides is 1. The van der Waals surface area contributed by atoms with E-state index in [2.05, 4.69) is 4.98 Å². The number of nitrogens with zero attached hydrogens (tertiary/aromatic N) is 1. The third-order valence-corrected chi connectivity index (χ3v) is 4.73. The number of amides is 1. The second-order valence-electron chi connectivity index (χ2n) is 4.44. The van der Waals surface area contributed by atoms with Gasteiger partial charge in [-0.1, -0.05) is 0 Å². The summed E-state index contributed by atoms with van der Waals surface area (Å²) in [5, 5.41) is -0.472. The predicted octanol–water partition coefficient (Wildman–Crippen LogP) is 1.07. The maximum Gasteiger partial charge on any atom is 0.217 e. The minimum atomic E-state index is -3.29. The molecule has 1 heterocycles. The fraction of sp³-hybridized carbons (Fsp3) is 0.500. The van der Waals surface area contributed by atoms with Crippen molar-refractivity contribution in [3.63, 3.8) is 0 Å². The molecule has 0 fully saturated rings. The Morgan fingerprint density at radius 2 is 2.06 bits per heavy atom. The Morgan fingerprint density at radius 1 is 1.39 bits per heavy atom. The number of carbonyl (C=O) groups is 1. The lowest BCUT2D eigenvalue weighted by Gasteiger charge is -2.08. The molecule has 0 saturated heterocycles. The fourth-order valence-corrected chi connectivity index (χ4v) is 2.56. The van der Waals surface area contributed by atoms with Crippen molar-refractivity contribution >= 4 is 15.7 Å². The fourth-order valence-electron chi connectivity index (χ4n) is 1.49. The Hall–Kier alpha value is -1.43. The number of nitrogens with two attached hydrogens (primary N) is 1. The van der Waals surface area contributed by atoms with Crippen LogP contribution in [0.5, 0.6) is 0 Å². The summed E-state index contributed by atoms with van der Waals surface area (Å²) in [4.78, 5) is 14.8. The topological polar surface area (TPSA) is 90.1 Å². The second-order valence-corrected chi connectivity index (χ2v) is 6.95. The molecule has 1 amide bonds. The van der Waals surface area contributed by atoms with Crippen molar-refractivity contribution in [1.82, 2.24) is 4.98 Å². The Balaban J connectivity index is 2.83. The van der Waals surface area contributed by atoms with Gasteiger partial charge in [-0.15, -0.1) is 0 Å². The minimum Gasteiger partial charge on any atom is -0.370 e. The van der Waals surface area contributed by atoms with Gasteiger partial charge in [0.2, 0.25) is 5.91 Å². The van der Waals surface area contributed by atoms with Gasteiger partial charge in [0.25, 0.3) is 0 Å². The molecule has 0 aliphatic heterocycles. The van der Waals surface area contributed by atoms with E-state index in [9.17, 15) is 13.2 Å². The van der Waals surface area contributed by atoms with Crippen LogP contribution in [0.2, 0.25) is 0 Å². The van der Waals surface area contributed by atoms with Gasteiger partial charge in [0.15, 0.2) is 9.84 Å². The standard InChI is InChI=1S/C12H18N2O3S/c1-9(2)18(16,17)11-6-10(7-14-8-11)4-3-5-12(13)15/h6-9H,3-5H2,1-2H3,(H2,13,15). The summed E-state index contributed by atoms with van der Waals surface area (Å²) < 4.78 is 23.9. The smallest absolute Gasteiger partial charge is 0.217 e. The van der Waals surface area contributed by atoms with Crippen molar-refractivity contribution in [2.24, 2.45) is 5.73 Å². The van der Waals surface area contributed by atoms with Crippen LogP contribution < -0.4 is 5.73 Å². The van der Waals surface area contributed by atoms with Crippen LogP contribution in [0.3, 0.4) is 0 Å². The van der Waals surface area contributed by atoms with E-state index in [1.165, 1.54) is 6.20 Å². The number of hydrogen-bond acceptors (Lipinski definition) is 4. The summed E-state index contributed by atoms with van der Waals surface area (Å²) in [6.45, 7) is 3.27. The monoisotopic (exact) mass is 270 g/mol. The average molecular weight is 270 g/mol. The highest BCUT2D eigenvalue weighted by atomic mass is 32.2. The first kappa shape index (κ1) is 14.6. The van der Waals surface area contributed by atoms with Crippen molar-refractivity contribution in [2.45, 2.75) is 43.3 Å². The van der Waals surface area contributed by atoms with Gasteiger partial charge in [0.1, 0.15) is 0 Å². The van der Waals surface area contributed by atoms with E-state index in [0.717, 1.165) is 5.56 Å². The molecule has 1 aromatic rings. The van der Waals surface area contributed by atoms with Gasteiger partial charge in [-0.05, 0) is 38.3 Å². The first-order valence-corrected chi connectivity index (χ1v) is 7.35. The van der Waals surface area contributed by atoms with Gasteiger partial charge in [0, 0.05) is 18.8 Å². The summed E-state index contributed by atoms with van der Waals surface area (Å²) in [5.41, 5.74) is 5.85. The van der Waals surface area contributed by atoms with E-state index >= 15 is 0 Å². The molecule has 2 N–H and O–H groups in total. The molecule has 0 aliphatic rings. The zero-order chi connectivity index (χ0) is 13.8. The Morgan fingerprint density at radius 3 is 2.61 bits per heavy atom. The van der Waals surface area contributed by atoms with Crippen molar-refractivity contribution in [1.29, 1.82) is 0 Å². The van der Waals surface area contributed by atoms with Gasteiger partial charge < -0.3 is 5.73 Å². The van der Waals surface area contributed by atoms with Gasteiger partial charge in [-0.3, -0.25) is 9.78 Å². The molecule has 5 nitrogen and oxygen atoms in total.